The second-order valence-electron chi connectivity index (χ2n) is 26.9. The number of H-pyrrole nitrogens is 2. The quantitative estimate of drug-likeness (QED) is 0.00971. The minimum absolute atomic E-state index is 0. The molecule has 28 nitrogen and oxygen atoms in total. The molecule has 0 radical (unpaired) electrons. The van der Waals surface area contributed by atoms with E-state index in [1.165, 1.54) is 25.7 Å². The third kappa shape index (κ3) is 31.0. The fourth-order valence-electron chi connectivity index (χ4n) is 12.4. The molecule has 12 rings (SSSR count). The molecular formula is C91H100Cl9N7O21. The number of halogens is 9. The second kappa shape index (κ2) is 53.5. The van der Waals surface area contributed by atoms with Gasteiger partial charge in [0.2, 0.25) is 0 Å². The number of nitrogen functional groups attached to an aromatic ring is 2. The summed E-state index contributed by atoms with van der Waals surface area (Å²) in [5, 5.41) is 23.7. The highest BCUT2D eigenvalue weighted by atomic mass is 35.5. The van der Waals surface area contributed by atoms with E-state index in [0.29, 0.717) is 162 Å². The number of carboxylic acids is 2. The molecule has 0 bridgehead atoms. The number of nitrogens with two attached hydrogens (primary N) is 2. The largest absolute Gasteiger partial charge is 0.495 e. The highest BCUT2D eigenvalue weighted by Crippen LogP contribution is 2.41. The highest BCUT2D eigenvalue weighted by molar-refractivity contribution is 6.38. The first-order valence-electron chi connectivity index (χ1n) is 38.7. The van der Waals surface area contributed by atoms with E-state index in [1.807, 2.05) is 26.0 Å². The number of aromatic nitrogens is 4. The van der Waals surface area contributed by atoms with Crippen molar-refractivity contribution in [1.29, 1.82) is 0 Å². The van der Waals surface area contributed by atoms with Crippen LogP contribution in [-0.2, 0) is 78.2 Å². The van der Waals surface area contributed by atoms with Crippen LogP contribution in [0.1, 0.15) is 120 Å². The van der Waals surface area contributed by atoms with Gasteiger partial charge in [-0.3, -0.25) is 53.3 Å². The predicted octanol–water partition coefficient (Wildman–Crippen LogP) is 21.1. The van der Waals surface area contributed by atoms with Crippen molar-refractivity contribution in [2.45, 2.75) is 108 Å². The maximum atomic E-state index is 13.2. The van der Waals surface area contributed by atoms with Crippen molar-refractivity contribution in [3.8, 4) is 34.5 Å². The molecule has 4 aromatic heterocycles. The highest BCUT2D eigenvalue weighted by Gasteiger charge is 2.27. The van der Waals surface area contributed by atoms with Crippen LogP contribution in [0.4, 0.5) is 11.4 Å². The summed E-state index contributed by atoms with van der Waals surface area (Å²) >= 11 is 48.3. The number of fused-ring (bicyclic) bond motifs is 4. The number of carbonyl (C=O) groups is 9. The minimum Gasteiger partial charge on any atom is -0.495 e. The molecule has 128 heavy (non-hydrogen) atoms. The average Bonchev–Trinajstić information content (AvgIpc) is 1.61. The summed E-state index contributed by atoms with van der Waals surface area (Å²) < 4.78 is 53.5. The van der Waals surface area contributed by atoms with Gasteiger partial charge in [0.1, 0.15) is 40.3 Å². The first-order valence-corrected chi connectivity index (χ1v) is 41.7. The number of aliphatic carboxylic acids is 2. The lowest BCUT2D eigenvalue weighted by molar-refractivity contribution is -0.144. The molecule has 0 fully saturated rings. The molecule has 37 heteroatoms. The van der Waals surface area contributed by atoms with E-state index in [4.69, 9.17) is 157 Å². The Balaban J connectivity index is 0.000000320. The zero-order valence-corrected chi connectivity index (χ0v) is 79.8. The standard InChI is InChI=1S/C21H19Cl2NO4.C19H15Cl2NO4.2C14H16ClNO3.C7H9ClN2O.C7H8ClNO.C7H12O3.C2H4O2.ClH/c1-4-28-20(25)10-15-12(2)24(21(26)13-5-7-14(22)8-6-13)18-11-17(23)19(27-3)9-16(15)18;1-10-13(8-18(23)24)14-7-17(26-2)15(21)9-16(14)22(10)19(25)11-3-5-12(20)6-4-11;1-4-19-14(17)6-9-8(2)16-12-7-11(15)13(18-3)5-10(9)12;1-4-19-12(17)7-9-8(2)16-10-5-6-11(18-3)14(15)13(9)10;1-11-7-3-2-5(10-9)4-6(7)8;1-10-7-3-2-5(9)4-6(7)8;1-3-10-7(9)5-4-6(2)8;1-2(3)4;/h5-9,11H,4,10H2,1-3H3;3-7,9H,8H2,1-2H3,(H,23,24);5,7,16H,4,6H2,1-3H3;5-6,16H,4,7H2,1-3H3;2-4,10H,9H2,1H3;2-4H,9H2,1H3;3-5H2,1-2H3;1H3,(H,3,4);1H. The minimum atomic E-state index is -0.986. The van der Waals surface area contributed by atoms with Crippen LogP contribution in [0.5, 0.6) is 34.5 Å². The molecule has 0 amide bonds. The Labute approximate surface area is 786 Å². The van der Waals surface area contributed by atoms with Gasteiger partial charge < -0.3 is 83.5 Å². The second-order valence-corrected chi connectivity index (χ2v) is 30.1. The number of carboxylic acid groups (broad SMARTS) is 2. The molecule has 9 N–H and O–H groups in total. The zero-order valence-electron chi connectivity index (χ0n) is 72.9. The number of ketones is 1. The molecule has 0 unspecified atom stereocenters. The average molecular weight is 1950 g/mol. The molecule has 688 valence electrons. The van der Waals surface area contributed by atoms with E-state index in [0.717, 1.165) is 56.9 Å². The van der Waals surface area contributed by atoms with Crippen molar-refractivity contribution >= 4 is 214 Å². The predicted molar refractivity (Wildman–Crippen MR) is 506 cm³/mol. The Hall–Kier alpha value is -11.3. The molecule has 12 aromatic rings. The fourth-order valence-corrected chi connectivity index (χ4v) is 14.3. The number of aryl methyl sites for hydroxylation is 2. The first kappa shape index (κ1) is 109. The van der Waals surface area contributed by atoms with Gasteiger partial charge in [0.15, 0.2) is 0 Å². The number of hydrazine groups is 1. The molecule has 0 aliphatic rings. The maximum absolute atomic E-state index is 13.2. The van der Waals surface area contributed by atoms with Crippen molar-refractivity contribution in [3.05, 3.63) is 230 Å². The third-order valence-corrected chi connectivity index (χ3v) is 20.6. The number of carbonyl (C=O) groups excluding carboxylic acids is 7. The summed E-state index contributed by atoms with van der Waals surface area (Å²) in [5.41, 5.74) is 19.2. The normalized spacial score (nSPS) is 10.2. The van der Waals surface area contributed by atoms with Crippen LogP contribution in [0.3, 0.4) is 0 Å². The van der Waals surface area contributed by atoms with Gasteiger partial charge in [-0.1, -0.05) is 92.8 Å². The van der Waals surface area contributed by atoms with Crippen LogP contribution in [0.2, 0.25) is 40.2 Å². The third-order valence-electron chi connectivity index (χ3n) is 18.3. The van der Waals surface area contributed by atoms with Gasteiger partial charge in [0.05, 0.1) is 148 Å². The van der Waals surface area contributed by atoms with Crippen LogP contribution in [0, 0.1) is 27.7 Å². The van der Waals surface area contributed by atoms with Crippen LogP contribution >= 0.6 is 105 Å². The number of methoxy groups -OCH3 is 6. The summed E-state index contributed by atoms with van der Waals surface area (Å²) in [6.45, 7) is 18.4. The SMILES string of the molecule is CC(=O)O.CCOC(=O)CCC(C)=O.CCOC(=O)Cc1c(C)[nH]c2cc(Cl)c(OC)cc12.CCOC(=O)Cc1c(C)[nH]c2ccc(OC)c(Cl)c12.CCOC(=O)Cc1c(C)n(C(=O)c2ccc(Cl)cc2)c2cc(Cl)c(OC)cc12.COc1cc2c(CC(=O)O)c(C)n(C(=O)c3ccc(Cl)cc3)c2cc1Cl.COc1ccc(N)cc1Cl.COc1ccc(NN)cc1Cl.Cl. The van der Waals surface area contributed by atoms with Crippen molar-refractivity contribution in [2.75, 3.05) is 80.2 Å². The number of aromatic amines is 2. The van der Waals surface area contributed by atoms with Crippen LogP contribution in [0.15, 0.2) is 133 Å². The summed E-state index contributed by atoms with van der Waals surface area (Å²) in [4.78, 5) is 109. The Morgan fingerprint density at radius 3 is 1.16 bits per heavy atom. The molecule has 0 saturated carbocycles. The van der Waals surface area contributed by atoms with Crippen LogP contribution in [-0.4, -0.2) is 152 Å². The number of nitrogens with zero attached hydrogens (tertiary/aromatic N) is 2. The topological polar surface area (TPSA) is 392 Å². The monoisotopic (exact) mass is 1940 g/mol. The molecule has 0 aliphatic carbocycles. The van der Waals surface area contributed by atoms with E-state index in [-0.39, 0.29) is 92.6 Å². The van der Waals surface area contributed by atoms with Crippen molar-refractivity contribution in [3.63, 3.8) is 0 Å². The van der Waals surface area contributed by atoms with E-state index in [2.05, 4.69) is 20.1 Å². The number of nitrogens with one attached hydrogen (secondary N) is 3. The van der Waals surface area contributed by atoms with Gasteiger partial charge >= 0.3 is 29.8 Å². The van der Waals surface area contributed by atoms with Gasteiger partial charge in [-0.15, -0.1) is 12.4 Å². The number of hydrogen-bond acceptors (Lipinski definition) is 22. The lowest BCUT2D eigenvalue weighted by atomic mass is 10.1. The molecule has 0 saturated heterocycles. The van der Waals surface area contributed by atoms with Crippen molar-refractivity contribution in [2.24, 2.45) is 5.84 Å². The Morgan fingerprint density at radius 1 is 0.406 bits per heavy atom. The fraction of sp³-hybridized carbons (Fsp3) is 0.286. The van der Waals surface area contributed by atoms with Crippen LogP contribution < -0.4 is 45.4 Å². The summed E-state index contributed by atoms with van der Waals surface area (Å²) in [7, 11) is 9.26. The van der Waals surface area contributed by atoms with E-state index in [9.17, 15) is 43.5 Å². The zero-order chi connectivity index (χ0) is 94.8. The number of rotatable bonds is 24. The van der Waals surface area contributed by atoms with Gasteiger partial charge in [0.25, 0.3) is 17.8 Å². The Bertz CT molecular complexity index is 5870. The number of esters is 4. The summed E-state index contributed by atoms with van der Waals surface area (Å²) in [6, 6.07) is 37.5. The number of benzene rings is 8. The molecule has 0 spiro atoms. The van der Waals surface area contributed by atoms with Crippen LogP contribution in [0.25, 0.3) is 43.6 Å². The number of Topliss-reactive ketones (excluding diaryl/α,β-unsaturated/α-hetero) is 1. The lowest BCUT2D eigenvalue weighted by Gasteiger charge is -2.09. The maximum Gasteiger partial charge on any atom is 0.310 e. The number of ether oxygens (including phenoxy) is 10. The summed E-state index contributed by atoms with van der Waals surface area (Å²) in [5.74, 6) is 5.05. The van der Waals surface area contributed by atoms with Crippen molar-refractivity contribution < 1.29 is 101 Å². The Morgan fingerprint density at radius 2 is 0.766 bits per heavy atom. The first-order chi connectivity index (χ1) is 60.2. The van der Waals surface area contributed by atoms with Gasteiger partial charge in [0, 0.05) is 95.6 Å². The molecule has 0 aliphatic heterocycles. The molecule has 4 heterocycles. The van der Waals surface area contributed by atoms with E-state index in [1.54, 1.807) is 196 Å². The summed E-state index contributed by atoms with van der Waals surface area (Å²) in [6.07, 6.45) is 0.773. The van der Waals surface area contributed by atoms with Gasteiger partial charge in [-0.2, -0.15) is 0 Å². The molecular weight excluding hydrogens is 1850 g/mol. The molecule has 8 aromatic carbocycles. The molecule has 0 atom stereocenters. The Kier molecular flexibility index (Phi) is 45.6. The van der Waals surface area contributed by atoms with Gasteiger partial charge in [-0.25, -0.2) is 0 Å². The number of anilines is 2. The van der Waals surface area contributed by atoms with Crippen molar-refractivity contribution in [1.82, 2.24) is 19.1 Å². The van der Waals surface area contributed by atoms with E-state index >= 15 is 0 Å². The number of hydrogen-bond donors (Lipinski definition) is 7. The van der Waals surface area contributed by atoms with E-state index < -0.39 is 11.9 Å². The lowest BCUT2D eigenvalue weighted by Crippen LogP contribution is -2.14. The smallest absolute Gasteiger partial charge is 0.310 e. The van der Waals surface area contributed by atoms with Gasteiger partial charge in [-0.05, 0) is 218 Å².